The average Bonchev–Trinajstić information content (AvgIpc) is 2.37. The molecule has 1 heterocycles. The molecule has 1 aromatic rings. The molecule has 1 aliphatic rings. The van der Waals surface area contributed by atoms with Crippen molar-refractivity contribution in [2.24, 2.45) is 5.92 Å². The van der Waals surface area contributed by atoms with Crippen LogP contribution in [0.2, 0.25) is 0 Å². The van der Waals surface area contributed by atoms with Crippen LogP contribution in [-0.2, 0) is 4.74 Å². The number of nitrogens with one attached hydrogen (secondary N) is 1. The molecule has 0 radical (unpaired) electrons. The van der Waals surface area contributed by atoms with Gasteiger partial charge in [-0.05, 0) is 30.0 Å². The first-order valence-corrected chi connectivity index (χ1v) is 7.21. The molecule has 1 aliphatic heterocycles. The Bertz CT molecular complexity index is 386. The first-order chi connectivity index (χ1) is 8.66. The van der Waals surface area contributed by atoms with E-state index in [2.05, 4.69) is 28.2 Å². The van der Waals surface area contributed by atoms with E-state index in [1.807, 2.05) is 24.3 Å². The molecule has 0 spiro atoms. The van der Waals surface area contributed by atoms with Crippen LogP contribution in [0.15, 0.2) is 28.7 Å². The fourth-order valence-corrected chi connectivity index (χ4v) is 2.70. The Morgan fingerprint density at radius 1 is 1.56 bits per heavy atom. The highest BCUT2D eigenvalue weighted by atomic mass is 79.9. The van der Waals surface area contributed by atoms with Crippen LogP contribution in [-0.4, -0.2) is 30.9 Å². The molecule has 4 heteroatoms. The van der Waals surface area contributed by atoms with Crippen molar-refractivity contribution in [3.8, 4) is 0 Å². The van der Waals surface area contributed by atoms with Crippen LogP contribution < -0.4 is 5.32 Å². The van der Waals surface area contributed by atoms with Gasteiger partial charge in [0, 0.05) is 23.7 Å². The summed E-state index contributed by atoms with van der Waals surface area (Å²) in [5.74, 6) is 0.508. The molecule has 18 heavy (non-hydrogen) atoms. The number of hydrogen-bond donors (Lipinski definition) is 2. The summed E-state index contributed by atoms with van der Waals surface area (Å²) in [6, 6.07) is 8.26. The van der Waals surface area contributed by atoms with Gasteiger partial charge >= 0.3 is 0 Å². The van der Waals surface area contributed by atoms with Gasteiger partial charge in [-0.15, -0.1) is 0 Å². The van der Waals surface area contributed by atoms with Crippen molar-refractivity contribution < 1.29 is 9.84 Å². The summed E-state index contributed by atoms with van der Waals surface area (Å²) in [6.07, 6.45) is 0.560. The van der Waals surface area contributed by atoms with E-state index in [0.29, 0.717) is 18.5 Å². The first kappa shape index (κ1) is 14.0. The lowest BCUT2D eigenvalue weighted by molar-refractivity contribution is 0.0348. The molecule has 0 aromatic heterocycles. The van der Waals surface area contributed by atoms with E-state index in [0.717, 1.165) is 29.7 Å². The van der Waals surface area contributed by atoms with Gasteiger partial charge in [0.15, 0.2) is 0 Å². The van der Waals surface area contributed by atoms with E-state index in [-0.39, 0.29) is 0 Å². The van der Waals surface area contributed by atoms with Crippen molar-refractivity contribution in [2.45, 2.75) is 25.5 Å². The fraction of sp³-hybridized carbons (Fsp3) is 0.571. The van der Waals surface area contributed by atoms with Crippen LogP contribution in [0, 0.1) is 5.92 Å². The van der Waals surface area contributed by atoms with Gasteiger partial charge in [0.1, 0.15) is 0 Å². The maximum Gasteiger partial charge on any atom is 0.0914 e. The van der Waals surface area contributed by atoms with Crippen molar-refractivity contribution in [3.63, 3.8) is 0 Å². The van der Waals surface area contributed by atoms with E-state index >= 15 is 0 Å². The third-order valence-corrected chi connectivity index (χ3v) is 3.94. The van der Waals surface area contributed by atoms with Gasteiger partial charge in [-0.1, -0.05) is 35.0 Å². The molecular formula is C14H20BrNO2. The number of rotatable bonds is 4. The molecule has 3 atom stereocenters. The average molecular weight is 314 g/mol. The number of halogens is 1. The third-order valence-electron chi connectivity index (χ3n) is 3.45. The fourth-order valence-electron chi connectivity index (χ4n) is 2.28. The summed E-state index contributed by atoms with van der Waals surface area (Å²) in [7, 11) is 0. The second-order valence-corrected chi connectivity index (χ2v) is 5.84. The van der Waals surface area contributed by atoms with E-state index < -0.39 is 6.10 Å². The van der Waals surface area contributed by atoms with Crippen LogP contribution in [0.1, 0.15) is 25.0 Å². The smallest absolute Gasteiger partial charge is 0.0914 e. The minimum absolute atomic E-state index is 0.445. The van der Waals surface area contributed by atoms with Crippen LogP contribution in [0.5, 0.6) is 0 Å². The summed E-state index contributed by atoms with van der Waals surface area (Å²) < 4.78 is 6.41. The Hall–Kier alpha value is -0.420. The summed E-state index contributed by atoms with van der Waals surface area (Å²) >= 11 is 3.42. The van der Waals surface area contributed by atoms with Gasteiger partial charge in [-0.25, -0.2) is 0 Å². The Morgan fingerprint density at radius 3 is 3.11 bits per heavy atom. The highest BCUT2D eigenvalue weighted by Crippen LogP contribution is 2.19. The zero-order chi connectivity index (χ0) is 13.0. The lowest BCUT2D eigenvalue weighted by Gasteiger charge is -2.30. The van der Waals surface area contributed by atoms with Gasteiger partial charge in [-0.2, -0.15) is 0 Å². The number of aliphatic hydroxyl groups is 1. The van der Waals surface area contributed by atoms with Crippen molar-refractivity contribution in [2.75, 3.05) is 19.8 Å². The standard InChI is InChI=1S/C14H20BrNO2/c1-10-9-18-6-5-13(10)16-8-14(17)11-3-2-4-12(15)7-11/h2-4,7,10,13-14,16-17H,5-6,8-9H2,1H3. The van der Waals surface area contributed by atoms with E-state index in [1.54, 1.807) is 0 Å². The van der Waals surface area contributed by atoms with Crippen LogP contribution in [0.4, 0.5) is 0 Å². The predicted molar refractivity (Wildman–Crippen MR) is 75.5 cm³/mol. The number of hydrogen-bond acceptors (Lipinski definition) is 3. The molecule has 2 N–H and O–H groups in total. The highest BCUT2D eigenvalue weighted by molar-refractivity contribution is 9.10. The summed E-state index contributed by atoms with van der Waals surface area (Å²) in [4.78, 5) is 0. The molecule has 0 bridgehead atoms. The van der Waals surface area contributed by atoms with Crippen molar-refractivity contribution >= 4 is 15.9 Å². The summed E-state index contributed by atoms with van der Waals surface area (Å²) in [6.45, 7) is 4.40. The molecule has 100 valence electrons. The van der Waals surface area contributed by atoms with Crippen LogP contribution in [0.25, 0.3) is 0 Å². The minimum Gasteiger partial charge on any atom is -0.387 e. The molecule has 1 saturated heterocycles. The topological polar surface area (TPSA) is 41.5 Å². The maximum absolute atomic E-state index is 10.1. The minimum atomic E-state index is -0.461. The number of benzene rings is 1. The Balaban J connectivity index is 1.86. The molecule has 3 nitrogen and oxygen atoms in total. The van der Waals surface area contributed by atoms with Crippen molar-refractivity contribution in [1.82, 2.24) is 5.32 Å². The quantitative estimate of drug-likeness (QED) is 0.897. The molecule has 1 fully saturated rings. The first-order valence-electron chi connectivity index (χ1n) is 6.41. The molecular weight excluding hydrogens is 294 g/mol. The second kappa shape index (κ2) is 6.66. The summed E-state index contributed by atoms with van der Waals surface area (Å²) in [5.41, 5.74) is 0.941. The van der Waals surface area contributed by atoms with Crippen LogP contribution in [0.3, 0.4) is 0 Å². The Labute approximate surface area is 117 Å². The SMILES string of the molecule is CC1COCCC1NCC(O)c1cccc(Br)c1. The number of ether oxygens (including phenoxy) is 1. The molecule has 2 rings (SSSR count). The highest BCUT2D eigenvalue weighted by Gasteiger charge is 2.22. The Kier molecular flexibility index (Phi) is 5.18. The van der Waals surface area contributed by atoms with Gasteiger partial charge < -0.3 is 15.2 Å². The maximum atomic E-state index is 10.1. The zero-order valence-electron chi connectivity index (χ0n) is 10.6. The summed E-state index contributed by atoms with van der Waals surface area (Å²) in [5, 5.41) is 13.6. The molecule has 0 amide bonds. The van der Waals surface area contributed by atoms with E-state index in [9.17, 15) is 5.11 Å². The van der Waals surface area contributed by atoms with Gasteiger partial charge in [-0.3, -0.25) is 0 Å². The molecule has 3 unspecified atom stereocenters. The van der Waals surface area contributed by atoms with E-state index in [1.165, 1.54) is 0 Å². The van der Waals surface area contributed by atoms with Gasteiger partial charge in [0.25, 0.3) is 0 Å². The van der Waals surface area contributed by atoms with E-state index in [4.69, 9.17) is 4.74 Å². The Morgan fingerprint density at radius 2 is 2.39 bits per heavy atom. The molecule has 0 saturated carbocycles. The van der Waals surface area contributed by atoms with Crippen molar-refractivity contribution in [3.05, 3.63) is 34.3 Å². The molecule has 1 aromatic carbocycles. The zero-order valence-corrected chi connectivity index (χ0v) is 12.2. The second-order valence-electron chi connectivity index (χ2n) is 4.93. The lowest BCUT2D eigenvalue weighted by Crippen LogP contribution is -2.43. The van der Waals surface area contributed by atoms with Crippen LogP contribution >= 0.6 is 15.9 Å². The predicted octanol–water partition coefficient (Wildman–Crippen LogP) is 2.50. The lowest BCUT2D eigenvalue weighted by atomic mass is 9.97. The monoisotopic (exact) mass is 313 g/mol. The van der Waals surface area contributed by atoms with Crippen molar-refractivity contribution in [1.29, 1.82) is 0 Å². The van der Waals surface area contributed by atoms with Gasteiger partial charge in [0.2, 0.25) is 0 Å². The normalized spacial score (nSPS) is 25.9. The molecule has 0 aliphatic carbocycles. The number of aliphatic hydroxyl groups excluding tert-OH is 1. The largest absolute Gasteiger partial charge is 0.387 e. The third kappa shape index (κ3) is 3.79. The van der Waals surface area contributed by atoms with Gasteiger partial charge in [0.05, 0.1) is 12.7 Å².